The molecule has 0 aliphatic carbocycles. The second-order valence-corrected chi connectivity index (χ2v) is 2.88. The van der Waals surface area contributed by atoms with Crippen LogP contribution in [0.5, 0.6) is 0 Å². The zero-order valence-electron chi connectivity index (χ0n) is 7.03. The molecule has 0 fully saturated rings. The number of hydrogen-bond acceptors (Lipinski definition) is 2. The summed E-state index contributed by atoms with van der Waals surface area (Å²) in [6.07, 6.45) is 3.31. The maximum absolute atomic E-state index is 11.3. The average molecular weight is 152 g/mol. The Labute approximate surface area is 65.7 Å². The Morgan fingerprint density at radius 2 is 2.18 bits per heavy atom. The lowest BCUT2D eigenvalue weighted by molar-refractivity contribution is 0.740. The van der Waals surface area contributed by atoms with Crippen molar-refractivity contribution in [2.45, 2.75) is 19.8 Å². The van der Waals surface area contributed by atoms with Crippen LogP contribution in [-0.2, 0) is 7.05 Å². The second kappa shape index (κ2) is 2.86. The van der Waals surface area contributed by atoms with E-state index in [1.54, 1.807) is 24.0 Å². The highest BCUT2D eigenvalue weighted by Crippen LogP contribution is 2.03. The van der Waals surface area contributed by atoms with E-state index in [1.807, 2.05) is 13.8 Å². The third-order valence-electron chi connectivity index (χ3n) is 1.59. The summed E-state index contributed by atoms with van der Waals surface area (Å²) in [5.41, 5.74) is 0.637. The minimum absolute atomic E-state index is 0.00231. The molecule has 0 amide bonds. The monoisotopic (exact) mass is 152 g/mol. The third-order valence-corrected chi connectivity index (χ3v) is 1.59. The van der Waals surface area contributed by atoms with Crippen molar-refractivity contribution in [3.8, 4) is 0 Å². The Hall–Kier alpha value is -1.12. The Kier molecular flexibility index (Phi) is 2.08. The molecular formula is C8H12N2O. The fourth-order valence-electron chi connectivity index (χ4n) is 0.913. The summed E-state index contributed by atoms with van der Waals surface area (Å²) in [5.74, 6) is 0.204. The standard InChI is InChI=1S/C8H12N2O/c1-6(2)7-8(11)10(3)5-4-9-7/h4-6H,1-3H3. The van der Waals surface area contributed by atoms with Crippen LogP contribution in [0.4, 0.5) is 0 Å². The van der Waals surface area contributed by atoms with Crippen LogP contribution in [0.1, 0.15) is 25.5 Å². The summed E-state index contributed by atoms with van der Waals surface area (Å²) in [7, 11) is 1.73. The largest absolute Gasteiger partial charge is 0.315 e. The predicted molar refractivity (Wildman–Crippen MR) is 43.6 cm³/mol. The van der Waals surface area contributed by atoms with Gasteiger partial charge in [0.15, 0.2) is 0 Å². The smallest absolute Gasteiger partial charge is 0.272 e. The molecule has 0 saturated carbocycles. The molecule has 3 nitrogen and oxygen atoms in total. The molecule has 1 heterocycles. The first-order valence-electron chi connectivity index (χ1n) is 3.64. The molecule has 0 atom stereocenters. The van der Waals surface area contributed by atoms with Crippen molar-refractivity contribution >= 4 is 0 Å². The average Bonchev–Trinajstić information content (AvgIpc) is 1.94. The van der Waals surface area contributed by atoms with Crippen LogP contribution < -0.4 is 5.56 Å². The maximum Gasteiger partial charge on any atom is 0.272 e. The van der Waals surface area contributed by atoms with E-state index in [0.29, 0.717) is 5.69 Å². The van der Waals surface area contributed by atoms with E-state index in [4.69, 9.17) is 0 Å². The predicted octanol–water partition coefficient (Wildman–Crippen LogP) is 0.904. The summed E-state index contributed by atoms with van der Waals surface area (Å²) >= 11 is 0. The molecule has 0 unspecified atom stereocenters. The lowest BCUT2D eigenvalue weighted by Crippen LogP contribution is -2.22. The number of rotatable bonds is 1. The molecule has 0 spiro atoms. The van der Waals surface area contributed by atoms with Crippen molar-refractivity contribution in [2.24, 2.45) is 7.05 Å². The Morgan fingerprint density at radius 1 is 1.55 bits per heavy atom. The van der Waals surface area contributed by atoms with Gasteiger partial charge in [0.1, 0.15) is 5.69 Å². The molecule has 0 saturated heterocycles. The molecule has 0 N–H and O–H groups in total. The SMILES string of the molecule is CC(C)c1nccn(C)c1=O. The molecule has 11 heavy (non-hydrogen) atoms. The Bertz CT molecular complexity index is 301. The molecule has 0 aliphatic rings. The fourth-order valence-corrected chi connectivity index (χ4v) is 0.913. The topological polar surface area (TPSA) is 34.9 Å². The quantitative estimate of drug-likeness (QED) is 0.599. The van der Waals surface area contributed by atoms with Crippen LogP contribution in [0.2, 0.25) is 0 Å². The van der Waals surface area contributed by atoms with Crippen molar-refractivity contribution in [2.75, 3.05) is 0 Å². The van der Waals surface area contributed by atoms with Crippen molar-refractivity contribution in [1.82, 2.24) is 9.55 Å². The van der Waals surface area contributed by atoms with Gasteiger partial charge in [0.2, 0.25) is 0 Å². The first kappa shape index (κ1) is 7.98. The molecule has 0 aromatic carbocycles. The fraction of sp³-hybridized carbons (Fsp3) is 0.500. The van der Waals surface area contributed by atoms with Crippen LogP contribution in [0, 0.1) is 0 Å². The zero-order chi connectivity index (χ0) is 8.43. The van der Waals surface area contributed by atoms with Gasteiger partial charge in [-0.2, -0.15) is 0 Å². The summed E-state index contributed by atoms with van der Waals surface area (Å²) in [6.45, 7) is 3.92. The van der Waals surface area contributed by atoms with Gasteiger partial charge < -0.3 is 4.57 Å². The van der Waals surface area contributed by atoms with E-state index in [1.165, 1.54) is 0 Å². The number of nitrogens with zero attached hydrogens (tertiary/aromatic N) is 2. The zero-order valence-corrected chi connectivity index (χ0v) is 7.03. The Morgan fingerprint density at radius 3 is 2.64 bits per heavy atom. The summed E-state index contributed by atoms with van der Waals surface area (Å²) in [5, 5.41) is 0. The molecule has 0 radical (unpaired) electrons. The van der Waals surface area contributed by atoms with Crippen molar-refractivity contribution in [1.29, 1.82) is 0 Å². The van der Waals surface area contributed by atoms with Gasteiger partial charge >= 0.3 is 0 Å². The van der Waals surface area contributed by atoms with Crippen LogP contribution in [-0.4, -0.2) is 9.55 Å². The third kappa shape index (κ3) is 1.48. The van der Waals surface area contributed by atoms with E-state index in [0.717, 1.165) is 0 Å². The molecule has 60 valence electrons. The van der Waals surface area contributed by atoms with Crippen molar-refractivity contribution < 1.29 is 0 Å². The molecule has 1 aromatic heterocycles. The van der Waals surface area contributed by atoms with E-state index >= 15 is 0 Å². The summed E-state index contributed by atoms with van der Waals surface area (Å²) < 4.78 is 1.54. The minimum atomic E-state index is 0.00231. The molecular weight excluding hydrogens is 140 g/mol. The van der Waals surface area contributed by atoms with Gasteiger partial charge in [-0.3, -0.25) is 9.78 Å². The van der Waals surface area contributed by atoms with Crippen molar-refractivity contribution in [3.05, 3.63) is 28.4 Å². The van der Waals surface area contributed by atoms with Gasteiger partial charge in [0.25, 0.3) is 5.56 Å². The van der Waals surface area contributed by atoms with Gasteiger partial charge in [-0.1, -0.05) is 13.8 Å². The highest BCUT2D eigenvalue weighted by atomic mass is 16.1. The van der Waals surface area contributed by atoms with Crippen LogP contribution in [0.25, 0.3) is 0 Å². The Balaban J connectivity index is 3.28. The first-order valence-corrected chi connectivity index (χ1v) is 3.64. The lowest BCUT2D eigenvalue weighted by atomic mass is 10.1. The lowest BCUT2D eigenvalue weighted by Gasteiger charge is -2.03. The minimum Gasteiger partial charge on any atom is -0.315 e. The van der Waals surface area contributed by atoms with E-state index in [9.17, 15) is 4.79 Å². The van der Waals surface area contributed by atoms with E-state index in [-0.39, 0.29) is 11.5 Å². The molecule has 1 aromatic rings. The van der Waals surface area contributed by atoms with Gasteiger partial charge in [-0.15, -0.1) is 0 Å². The number of aromatic nitrogens is 2. The number of hydrogen-bond donors (Lipinski definition) is 0. The van der Waals surface area contributed by atoms with Gasteiger partial charge in [0.05, 0.1) is 0 Å². The van der Waals surface area contributed by atoms with Crippen LogP contribution in [0.15, 0.2) is 17.2 Å². The van der Waals surface area contributed by atoms with Crippen LogP contribution >= 0.6 is 0 Å². The van der Waals surface area contributed by atoms with E-state index in [2.05, 4.69) is 4.98 Å². The number of aryl methyl sites for hydroxylation is 1. The van der Waals surface area contributed by atoms with Gasteiger partial charge in [-0.25, -0.2) is 0 Å². The first-order chi connectivity index (χ1) is 5.13. The molecule has 3 heteroatoms. The van der Waals surface area contributed by atoms with Gasteiger partial charge in [0, 0.05) is 25.4 Å². The maximum atomic E-state index is 11.3. The van der Waals surface area contributed by atoms with Crippen molar-refractivity contribution in [3.63, 3.8) is 0 Å². The summed E-state index contributed by atoms with van der Waals surface area (Å²) in [6, 6.07) is 0. The van der Waals surface area contributed by atoms with Gasteiger partial charge in [-0.05, 0) is 0 Å². The highest BCUT2D eigenvalue weighted by molar-refractivity contribution is 5.01. The normalized spacial score (nSPS) is 10.5. The highest BCUT2D eigenvalue weighted by Gasteiger charge is 2.05. The molecule has 0 aliphatic heterocycles. The van der Waals surface area contributed by atoms with E-state index < -0.39 is 0 Å². The van der Waals surface area contributed by atoms with Crippen LogP contribution in [0.3, 0.4) is 0 Å². The summed E-state index contributed by atoms with van der Waals surface area (Å²) in [4.78, 5) is 15.3. The molecule has 1 rings (SSSR count). The molecule has 0 bridgehead atoms. The second-order valence-electron chi connectivity index (χ2n) is 2.88.